The largest absolute Gasteiger partial charge is 0.365 e. The van der Waals surface area contributed by atoms with E-state index in [4.69, 9.17) is 5.73 Å². The average molecular weight is 278 g/mol. The number of carbonyl (C=O) groups is 1. The van der Waals surface area contributed by atoms with Gasteiger partial charge in [-0.15, -0.1) is 0 Å². The van der Waals surface area contributed by atoms with Crippen LogP contribution in [-0.2, 0) is 11.2 Å². The zero-order valence-electron chi connectivity index (χ0n) is 10.9. The highest BCUT2D eigenvalue weighted by Crippen LogP contribution is 2.07. The Labute approximate surface area is 118 Å². The van der Waals surface area contributed by atoms with Crippen molar-refractivity contribution >= 4 is 35.8 Å². The lowest BCUT2D eigenvalue weighted by molar-refractivity contribution is -0.112. The van der Waals surface area contributed by atoms with Crippen LogP contribution in [0.5, 0.6) is 0 Å². The SMILES string of the molecule is NC(=O)C1=NC=c2c(n[nH]c2=c2cc3c(cn2)=CC=N3)C1. The minimum Gasteiger partial charge on any atom is -0.365 e. The lowest BCUT2D eigenvalue weighted by Crippen LogP contribution is -2.29. The molecule has 102 valence electrons. The molecule has 0 atom stereocenters. The van der Waals surface area contributed by atoms with Gasteiger partial charge < -0.3 is 5.73 Å². The molecule has 0 aromatic carbocycles. The zero-order chi connectivity index (χ0) is 14.4. The molecule has 0 fully saturated rings. The number of aliphatic imine (C=N–C) groups is 2. The summed E-state index contributed by atoms with van der Waals surface area (Å²) < 4.78 is 0. The second-order valence-corrected chi connectivity index (χ2v) is 4.78. The first-order valence-corrected chi connectivity index (χ1v) is 6.37. The molecule has 7 heteroatoms. The van der Waals surface area contributed by atoms with Crippen molar-refractivity contribution in [1.82, 2.24) is 15.2 Å². The fourth-order valence-electron chi connectivity index (χ4n) is 2.38. The molecular weight excluding hydrogens is 268 g/mol. The van der Waals surface area contributed by atoms with Crippen LogP contribution in [0.2, 0.25) is 0 Å². The van der Waals surface area contributed by atoms with Crippen molar-refractivity contribution in [1.29, 1.82) is 0 Å². The van der Waals surface area contributed by atoms with Gasteiger partial charge in [0.2, 0.25) is 0 Å². The van der Waals surface area contributed by atoms with Crippen molar-refractivity contribution in [3.05, 3.63) is 39.1 Å². The normalized spacial score (nSPS) is 16.5. The molecule has 0 radical (unpaired) electrons. The maximum Gasteiger partial charge on any atom is 0.263 e. The molecule has 1 amide bonds. The van der Waals surface area contributed by atoms with Crippen LogP contribution in [0.25, 0.3) is 12.3 Å². The van der Waals surface area contributed by atoms with E-state index in [1.807, 2.05) is 12.1 Å². The minimum atomic E-state index is -0.526. The number of nitrogens with two attached hydrogens (primary N) is 1. The first-order chi connectivity index (χ1) is 10.2. The van der Waals surface area contributed by atoms with Crippen LogP contribution in [0.15, 0.2) is 22.2 Å². The van der Waals surface area contributed by atoms with Gasteiger partial charge in [-0.2, -0.15) is 5.10 Å². The summed E-state index contributed by atoms with van der Waals surface area (Å²) in [5, 5.41) is 10.5. The zero-order valence-corrected chi connectivity index (χ0v) is 10.9. The minimum absolute atomic E-state index is 0.307. The fourth-order valence-corrected chi connectivity index (χ4v) is 2.38. The number of primary amides is 1. The molecule has 4 heterocycles. The summed E-state index contributed by atoms with van der Waals surface area (Å²) in [5.74, 6) is -0.526. The second kappa shape index (κ2) is 4.20. The number of aromatic nitrogens is 3. The van der Waals surface area contributed by atoms with E-state index in [-0.39, 0.29) is 0 Å². The van der Waals surface area contributed by atoms with E-state index in [2.05, 4.69) is 25.2 Å². The van der Waals surface area contributed by atoms with E-state index in [0.29, 0.717) is 12.1 Å². The number of aromatic amines is 1. The van der Waals surface area contributed by atoms with E-state index in [9.17, 15) is 4.79 Å². The Balaban J connectivity index is 2.03. The maximum absolute atomic E-state index is 11.2. The Bertz CT molecular complexity index is 1040. The number of nitrogens with zero attached hydrogens (tertiary/aromatic N) is 4. The molecule has 7 nitrogen and oxygen atoms in total. The molecule has 2 aromatic heterocycles. The van der Waals surface area contributed by atoms with Crippen molar-refractivity contribution in [2.45, 2.75) is 6.42 Å². The summed E-state index contributed by atoms with van der Waals surface area (Å²) in [5.41, 5.74) is 7.17. The Morgan fingerprint density at radius 2 is 2.29 bits per heavy atom. The topological polar surface area (TPSA) is 109 Å². The number of hydrogen-bond acceptors (Lipinski definition) is 5. The molecule has 2 aliphatic rings. The van der Waals surface area contributed by atoms with Gasteiger partial charge in [0.25, 0.3) is 5.91 Å². The average Bonchev–Trinajstić information content (AvgIpc) is 3.12. The molecule has 4 rings (SSSR count). The fraction of sp³-hybridized carbons (Fsp3) is 0.0714. The Morgan fingerprint density at radius 3 is 3.14 bits per heavy atom. The monoisotopic (exact) mass is 278 g/mol. The molecule has 3 N–H and O–H groups in total. The number of amides is 1. The Kier molecular flexibility index (Phi) is 2.34. The lowest BCUT2D eigenvalue weighted by Gasteiger charge is -2.01. The molecule has 0 bridgehead atoms. The van der Waals surface area contributed by atoms with Gasteiger partial charge in [0.15, 0.2) is 0 Å². The smallest absolute Gasteiger partial charge is 0.263 e. The highest BCUT2D eigenvalue weighted by atomic mass is 16.1. The standard InChI is InChI=1S/C14H10N6O/c15-14(21)12-4-10-8(6-18-12)13(20-19-10)11-3-9-7(5-17-11)1-2-16-9/h1-3,5-6,20H,4H2,(H2,15,21). The van der Waals surface area contributed by atoms with Crippen molar-refractivity contribution < 1.29 is 4.79 Å². The van der Waals surface area contributed by atoms with E-state index in [0.717, 1.165) is 32.5 Å². The predicted octanol–water partition coefficient (Wildman–Crippen LogP) is -1.19. The van der Waals surface area contributed by atoms with Crippen LogP contribution in [-0.4, -0.2) is 33.0 Å². The van der Waals surface area contributed by atoms with Crippen LogP contribution in [0.1, 0.15) is 5.69 Å². The van der Waals surface area contributed by atoms with Crippen molar-refractivity contribution in [2.24, 2.45) is 15.7 Å². The summed E-state index contributed by atoms with van der Waals surface area (Å²) in [4.78, 5) is 23.9. The van der Waals surface area contributed by atoms with Gasteiger partial charge in [-0.25, -0.2) is 0 Å². The van der Waals surface area contributed by atoms with E-state index >= 15 is 0 Å². The van der Waals surface area contributed by atoms with Gasteiger partial charge in [-0.3, -0.25) is 24.9 Å². The third-order valence-electron chi connectivity index (χ3n) is 3.49. The van der Waals surface area contributed by atoms with Crippen LogP contribution < -0.4 is 16.2 Å². The van der Waals surface area contributed by atoms with Crippen molar-refractivity contribution in [3.63, 3.8) is 0 Å². The maximum atomic E-state index is 11.2. The number of rotatable bonds is 1. The molecular formula is C14H10N6O. The van der Waals surface area contributed by atoms with E-state index < -0.39 is 5.91 Å². The van der Waals surface area contributed by atoms with Crippen LogP contribution >= 0.6 is 0 Å². The summed E-state index contributed by atoms with van der Waals surface area (Å²) in [6.07, 6.45) is 7.35. The number of nitrogens with one attached hydrogen (secondary N) is 1. The van der Waals surface area contributed by atoms with Gasteiger partial charge in [0.05, 0.1) is 22.1 Å². The van der Waals surface area contributed by atoms with E-state index in [1.165, 1.54) is 0 Å². The molecule has 0 saturated carbocycles. The molecule has 0 aliphatic carbocycles. The van der Waals surface area contributed by atoms with Crippen LogP contribution in [0.3, 0.4) is 0 Å². The summed E-state index contributed by atoms with van der Waals surface area (Å²) >= 11 is 0. The Hall–Kier alpha value is -3.09. The summed E-state index contributed by atoms with van der Waals surface area (Å²) in [6, 6.07) is 1.89. The highest BCUT2D eigenvalue weighted by Gasteiger charge is 2.15. The second-order valence-electron chi connectivity index (χ2n) is 4.78. The van der Waals surface area contributed by atoms with Gasteiger partial charge in [0, 0.05) is 35.5 Å². The van der Waals surface area contributed by atoms with Gasteiger partial charge in [0.1, 0.15) is 5.71 Å². The third kappa shape index (κ3) is 1.78. The van der Waals surface area contributed by atoms with Gasteiger partial charge in [-0.05, 0) is 12.1 Å². The predicted molar refractivity (Wildman–Crippen MR) is 77.2 cm³/mol. The number of H-pyrrole nitrogens is 1. The van der Waals surface area contributed by atoms with Crippen molar-refractivity contribution in [3.8, 4) is 0 Å². The molecule has 2 aromatic rings. The first-order valence-electron chi connectivity index (χ1n) is 6.37. The molecule has 21 heavy (non-hydrogen) atoms. The highest BCUT2D eigenvalue weighted by molar-refractivity contribution is 6.39. The number of fused-ring (bicyclic) bond motifs is 2. The van der Waals surface area contributed by atoms with Gasteiger partial charge >= 0.3 is 0 Å². The van der Waals surface area contributed by atoms with Crippen LogP contribution in [0, 0.1) is 10.7 Å². The van der Waals surface area contributed by atoms with E-state index in [1.54, 1.807) is 18.6 Å². The number of hydrogen-bond donors (Lipinski definition) is 2. The molecule has 0 saturated heterocycles. The number of carbonyl (C=O) groups excluding carboxylic acids is 1. The van der Waals surface area contributed by atoms with Gasteiger partial charge in [-0.1, -0.05) is 0 Å². The van der Waals surface area contributed by atoms with Crippen molar-refractivity contribution in [2.75, 3.05) is 0 Å². The molecule has 0 spiro atoms. The quantitative estimate of drug-likeness (QED) is 0.684. The lowest BCUT2D eigenvalue weighted by atomic mass is 10.1. The number of pyridine rings is 1. The molecule has 2 aliphatic heterocycles. The summed E-state index contributed by atoms with van der Waals surface area (Å²) in [7, 11) is 0. The van der Waals surface area contributed by atoms with Crippen LogP contribution in [0.4, 0.5) is 5.69 Å². The first kappa shape index (κ1) is 11.7. The third-order valence-corrected chi connectivity index (χ3v) is 3.49. The summed E-state index contributed by atoms with van der Waals surface area (Å²) in [6.45, 7) is 0. The molecule has 0 unspecified atom stereocenters. The Morgan fingerprint density at radius 1 is 1.38 bits per heavy atom.